The second-order valence-electron chi connectivity index (χ2n) is 6.26. The number of anilines is 1. The third-order valence-electron chi connectivity index (χ3n) is 4.42. The van der Waals surface area contributed by atoms with Crippen molar-refractivity contribution in [3.63, 3.8) is 0 Å². The lowest BCUT2D eigenvalue weighted by Gasteiger charge is -2.46. The molecule has 19 heavy (non-hydrogen) atoms. The van der Waals surface area contributed by atoms with Crippen LogP contribution < -0.4 is 10.2 Å². The highest BCUT2D eigenvalue weighted by Crippen LogP contribution is 2.26. The number of aromatic nitrogens is 2. The highest BCUT2D eigenvalue weighted by Gasteiger charge is 2.34. The molecule has 1 aromatic rings. The summed E-state index contributed by atoms with van der Waals surface area (Å²) in [7, 11) is 0. The van der Waals surface area contributed by atoms with Crippen LogP contribution in [0.3, 0.4) is 0 Å². The summed E-state index contributed by atoms with van der Waals surface area (Å²) in [4.78, 5) is 2.53. The van der Waals surface area contributed by atoms with Crippen molar-refractivity contribution in [1.82, 2.24) is 15.1 Å². The number of nitrogens with one attached hydrogen (secondary N) is 1. The first-order chi connectivity index (χ1) is 8.99. The lowest BCUT2D eigenvalue weighted by atomic mass is 9.92. The third-order valence-corrected chi connectivity index (χ3v) is 4.42. The van der Waals surface area contributed by atoms with Crippen LogP contribution in [0.1, 0.15) is 53.5 Å². The average molecular weight is 264 g/mol. The van der Waals surface area contributed by atoms with Gasteiger partial charge in [-0.05, 0) is 33.6 Å². The van der Waals surface area contributed by atoms with Gasteiger partial charge in [0, 0.05) is 36.9 Å². The zero-order chi connectivity index (χ0) is 14.0. The molecular weight excluding hydrogens is 236 g/mol. The molecule has 0 aliphatic carbocycles. The number of hydrogen-bond acceptors (Lipinski definition) is 3. The minimum atomic E-state index is 0.214. The molecule has 0 amide bonds. The fourth-order valence-electron chi connectivity index (χ4n) is 2.70. The molecule has 1 aliphatic heterocycles. The van der Waals surface area contributed by atoms with Crippen LogP contribution in [0.5, 0.6) is 0 Å². The highest BCUT2D eigenvalue weighted by atomic mass is 15.3. The Morgan fingerprint density at radius 3 is 2.74 bits per heavy atom. The van der Waals surface area contributed by atoms with Crippen molar-refractivity contribution in [2.24, 2.45) is 0 Å². The molecule has 2 atom stereocenters. The van der Waals surface area contributed by atoms with Gasteiger partial charge in [0.2, 0.25) is 0 Å². The molecule has 0 spiro atoms. The quantitative estimate of drug-likeness (QED) is 0.908. The smallest absolute Gasteiger partial charge is 0.0756 e. The molecule has 1 N–H and O–H groups in total. The molecule has 2 unspecified atom stereocenters. The van der Waals surface area contributed by atoms with Gasteiger partial charge in [-0.3, -0.25) is 4.68 Å². The van der Waals surface area contributed by atoms with Crippen molar-refractivity contribution in [3.05, 3.63) is 12.4 Å². The summed E-state index contributed by atoms with van der Waals surface area (Å²) in [5.74, 6) is 0. The average Bonchev–Trinajstić information content (AvgIpc) is 2.88. The first kappa shape index (κ1) is 14.4. The molecule has 2 rings (SSSR count). The molecule has 1 aromatic heterocycles. The normalized spacial score (nSPS) is 28.1. The summed E-state index contributed by atoms with van der Waals surface area (Å²) >= 11 is 0. The maximum atomic E-state index is 4.49. The van der Waals surface area contributed by atoms with Crippen molar-refractivity contribution in [1.29, 1.82) is 0 Å². The second-order valence-corrected chi connectivity index (χ2v) is 6.26. The maximum absolute atomic E-state index is 4.49. The molecule has 0 bridgehead atoms. The molecule has 4 nitrogen and oxygen atoms in total. The summed E-state index contributed by atoms with van der Waals surface area (Å²) < 4.78 is 2.05. The van der Waals surface area contributed by atoms with Crippen LogP contribution in [0.25, 0.3) is 0 Å². The summed E-state index contributed by atoms with van der Waals surface area (Å²) in [6.45, 7) is 13.3. The van der Waals surface area contributed by atoms with E-state index < -0.39 is 0 Å². The zero-order valence-electron chi connectivity index (χ0n) is 13.0. The van der Waals surface area contributed by atoms with E-state index in [1.807, 2.05) is 10.9 Å². The van der Waals surface area contributed by atoms with Gasteiger partial charge >= 0.3 is 0 Å². The largest absolute Gasteiger partial charge is 0.363 e. The summed E-state index contributed by atoms with van der Waals surface area (Å²) in [5, 5.41) is 8.19. The van der Waals surface area contributed by atoms with E-state index in [-0.39, 0.29) is 5.54 Å². The van der Waals surface area contributed by atoms with Crippen LogP contribution in [0, 0.1) is 0 Å². The Balaban J connectivity index is 2.22. The van der Waals surface area contributed by atoms with Gasteiger partial charge in [-0.1, -0.05) is 13.8 Å². The summed E-state index contributed by atoms with van der Waals surface area (Å²) in [6.07, 6.45) is 6.52. The van der Waals surface area contributed by atoms with E-state index >= 15 is 0 Å². The first-order valence-corrected chi connectivity index (χ1v) is 7.55. The fraction of sp³-hybridized carbons (Fsp3) is 0.800. The van der Waals surface area contributed by atoms with Gasteiger partial charge in [-0.25, -0.2) is 0 Å². The number of rotatable bonds is 4. The Kier molecular flexibility index (Phi) is 4.19. The first-order valence-electron chi connectivity index (χ1n) is 7.55. The molecule has 0 aromatic carbocycles. The third kappa shape index (κ3) is 2.94. The Bertz CT molecular complexity index is 412. The van der Waals surface area contributed by atoms with Gasteiger partial charge in [-0.2, -0.15) is 5.10 Å². The predicted molar refractivity (Wildman–Crippen MR) is 80.7 cm³/mol. The van der Waals surface area contributed by atoms with Gasteiger partial charge in [0.05, 0.1) is 11.9 Å². The minimum Gasteiger partial charge on any atom is -0.363 e. The van der Waals surface area contributed by atoms with E-state index in [0.29, 0.717) is 12.1 Å². The number of nitrogens with zero attached hydrogens (tertiary/aromatic N) is 3. The van der Waals surface area contributed by atoms with Crippen LogP contribution in [-0.2, 0) is 0 Å². The van der Waals surface area contributed by atoms with Crippen molar-refractivity contribution in [2.75, 3.05) is 18.0 Å². The Labute approximate surface area is 117 Å². The molecule has 1 fully saturated rings. The van der Waals surface area contributed by atoms with Crippen LogP contribution in [-0.4, -0.2) is 34.5 Å². The van der Waals surface area contributed by atoms with Gasteiger partial charge in [0.1, 0.15) is 0 Å². The van der Waals surface area contributed by atoms with E-state index in [1.54, 1.807) is 0 Å². The molecule has 0 saturated carbocycles. The standard InChI is InChI=1S/C15H28N4/c1-6-13-8-16-15(5,7-2)11-18(13)14-9-17-19(10-14)12(3)4/h9-10,12-13,16H,6-8,11H2,1-5H3. The van der Waals surface area contributed by atoms with Crippen molar-refractivity contribution >= 4 is 5.69 Å². The second kappa shape index (κ2) is 5.53. The van der Waals surface area contributed by atoms with E-state index in [9.17, 15) is 0 Å². The van der Waals surface area contributed by atoms with Crippen LogP contribution in [0.4, 0.5) is 5.69 Å². The zero-order valence-corrected chi connectivity index (χ0v) is 13.0. The molecule has 1 aliphatic rings. The van der Waals surface area contributed by atoms with Crippen molar-refractivity contribution in [3.8, 4) is 0 Å². The summed E-state index contributed by atoms with van der Waals surface area (Å²) in [5.41, 5.74) is 1.48. The molecule has 1 saturated heterocycles. The van der Waals surface area contributed by atoms with Crippen LogP contribution >= 0.6 is 0 Å². The monoisotopic (exact) mass is 264 g/mol. The highest BCUT2D eigenvalue weighted by molar-refractivity contribution is 5.45. The molecule has 2 heterocycles. The van der Waals surface area contributed by atoms with E-state index in [1.165, 1.54) is 12.1 Å². The van der Waals surface area contributed by atoms with Crippen molar-refractivity contribution in [2.45, 2.75) is 65.1 Å². The van der Waals surface area contributed by atoms with E-state index in [0.717, 1.165) is 19.5 Å². The molecule has 0 radical (unpaired) electrons. The van der Waals surface area contributed by atoms with Crippen LogP contribution in [0.15, 0.2) is 12.4 Å². The lowest BCUT2D eigenvalue weighted by Crippen LogP contribution is -2.62. The summed E-state index contributed by atoms with van der Waals surface area (Å²) in [6, 6.07) is 0.999. The maximum Gasteiger partial charge on any atom is 0.0756 e. The Morgan fingerprint density at radius 1 is 1.47 bits per heavy atom. The Hall–Kier alpha value is -1.03. The van der Waals surface area contributed by atoms with Gasteiger partial charge < -0.3 is 10.2 Å². The lowest BCUT2D eigenvalue weighted by molar-refractivity contribution is 0.276. The Morgan fingerprint density at radius 2 is 2.21 bits per heavy atom. The van der Waals surface area contributed by atoms with Gasteiger partial charge in [0.25, 0.3) is 0 Å². The van der Waals surface area contributed by atoms with Crippen molar-refractivity contribution < 1.29 is 0 Å². The molecule has 4 heteroatoms. The number of piperazine rings is 1. The molecular formula is C15H28N4. The number of hydrogen-bond donors (Lipinski definition) is 1. The fourth-order valence-corrected chi connectivity index (χ4v) is 2.70. The minimum absolute atomic E-state index is 0.214. The topological polar surface area (TPSA) is 33.1 Å². The SMILES string of the molecule is CCC1CNC(C)(CC)CN1c1cnn(C(C)C)c1. The van der Waals surface area contributed by atoms with Crippen LogP contribution in [0.2, 0.25) is 0 Å². The van der Waals surface area contributed by atoms with Gasteiger partial charge in [0.15, 0.2) is 0 Å². The van der Waals surface area contributed by atoms with E-state index in [4.69, 9.17) is 0 Å². The predicted octanol–water partition coefficient (Wildman–Crippen LogP) is 2.82. The van der Waals surface area contributed by atoms with E-state index in [2.05, 4.69) is 56.1 Å². The molecule has 108 valence electrons. The van der Waals surface area contributed by atoms with Gasteiger partial charge in [-0.15, -0.1) is 0 Å².